The number of sulfone groups is 1. The first-order chi connectivity index (χ1) is 14.0. The second-order valence-electron chi connectivity index (χ2n) is 6.77. The van der Waals surface area contributed by atoms with Gasteiger partial charge in [-0.05, 0) is 43.2 Å². The summed E-state index contributed by atoms with van der Waals surface area (Å²) in [5, 5.41) is 10.1. The van der Waals surface area contributed by atoms with Crippen LogP contribution in [0, 0.1) is 0 Å². The average Bonchev–Trinajstić information content (AvgIpc) is 3.38. The smallest absolute Gasteiger partial charge is 0.232 e. The van der Waals surface area contributed by atoms with Gasteiger partial charge in [-0.25, -0.2) is 8.42 Å². The van der Waals surface area contributed by atoms with E-state index in [4.69, 9.17) is 11.6 Å². The molecule has 0 amide bonds. The fraction of sp³-hybridized carbons (Fsp3) is 0.300. The van der Waals surface area contributed by atoms with Gasteiger partial charge in [-0.15, -0.1) is 10.2 Å². The summed E-state index contributed by atoms with van der Waals surface area (Å²) in [6.45, 7) is 1.87. The molecule has 9 heteroatoms. The number of nitrogens with zero attached hydrogens (tertiary/aromatic N) is 4. The fourth-order valence-electron chi connectivity index (χ4n) is 3.31. The lowest BCUT2D eigenvalue weighted by molar-refractivity contribution is 0.597. The summed E-state index contributed by atoms with van der Waals surface area (Å²) in [5.74, 6) is 1.19. The first kappa shape index (κ1) is 20.3. The number of halogens is 1. The highest BCUT2D eigenvalue weighted by atomic mass is 35.5. The van der Waals surface area contributed by atoms with Gasteiger partial charge in [0.05, 0.1) is 16.3 Å². The quantitative estimate of drug-likeness (QED) is 0.507. The maximum absolute atomic E-state index is 12.6. The summed E-state index contributed by atoms with van der Waals surface area (Å²) in [6.07, 6.45) is 2.25. The number of benzene rings is 2. The van der Waals surface area contributed by atoms with Crippen molar-refractivity contribution in [1.29, 1.82) is 0 Å². The molecule has 1 saturated heterocycles. The van der Waals surface area contributed by atoms with Crippen molar-refractivity contribution in [3.63, 3.8) is 0 Å². The van der Waals surface area contributed by atoms with Crippen LogP contribution in [0.25, 0.3) is 5.69 Å². The molecule has 2 heterocycles. The first-order valence-electron chi connectivity index (χ1n) is 9.41. The Morgan fingerprint density at radius 1 is 1.00 bits per heavy atom. The first-order valence-corrected chi connectivity index (χ1v) is 12.4. The summed E-state index contributed by atoms with van der Waals surface area (Å²) < 4.78 is 27.1. The summed E-state index contributed by atoms with van der Waals surface area (Å²) in [5.41, 5.74) is 0.873. The highest BCUT2D eigenvalue weighted by Gasteiger charge is 2.23. The van der Waals surface area contributed by atoms with Gasteiger partial charge in [0.25, 0.3) is 0 Å². The molecule has 0 unspecified atom stereocenters. The van der Waals surface area contributed by atoms with Crippen molar-refractivity contribution in [2.24, 2.45) is 0 Å². The molecular formula is C20H21ClN4O2S2. The van der Waals surface area contributed by atoms with Crippen LogP contribution in [-0.2, 0) is 9.84 Å². The van der Waals surface area contributed by atoms with Crippen LogP contribution in [0.3, 0.4) is 0 Å². The van der Waals surface area contributed by atoms with Gasteiger partial charge in [0.2, 0.25) is 5.95 Å². The zero-order valence-electron chi connectivity index (χ0n) is 15.7. The normalized spacial score (nSPS) is 14.4. The van der Waals surface area contributed by atoms with Crippen LogP contribution >= 0.6 is 23.4 Å². The van der Waals surface area contributed by atoms with Crippen LogP contribution in [0.2, 0.25) is 5.02 Å². The van der Waals surface area contributed by atoms with E-state index >= 15 is 0 Å². The Hall–Kier alpha value is -2.03. The predicted molar refractivity (Wildman–Crippen MR) is 117 cm³/mol. The zero-order valence-corrected chi connectivity index (χ0v) is 18.1. The van der Waals surface area contributed by atoms with E-state index in [9.17, 15) is 8.42 Å². The molecule has 3 aromatic rings. The van der Waals surface area contributed by atoms with Crippen molar-refractivity contribution >= 4 is 39.1 Å². The Morgan fingerprint density at radius 2 is 1.76 bits per heavy atom. The maximum atomic E-state index is 12.6. The third kappa shape index (κ3) is 4.60. The van der Waals surface area contributed by atoms with Crippen LogP contribution in [0.15, 0.2) is 64.6 Å². The van der Waals surface area contributed by atoms with Crippen LogP contribution in [0.4, 0.5) is 5.95 Å². The minimum atomic E-state index is -3.33. The Morgan fingerprint density at radius 3 is 2.48 bits per heavy atom. The lowest BCUT2D eigenvalue weighted by atomic mass is 10.3. The van der Waals surface area contributed by atoms with Crippen molar-refractivity contribution in [3.8, 4) is 5.69 Å². The summed E-state index contributed by atoms with van der Waals surface area (Å²) in [6, 6.07) is 16.1. The molecule has 6 nitrogen and oxygen atoms in total. The van der Waals surface area contributed by atoms with Crippen molar-refractivity contribution in [2.75, 3.05) is 29.5 Å². The molecule has 29 heavy (non-hydrogen) atoms. The van der Waals surface area contributed by atoms with Crippen molar-refractivity contribution < 1.29 is 8.42 Å². The van der Waals surface area contributed by atoms with Gasteiger partial charge in [-0.3, -0.25) is 4.57 Å². The molecule has 4 rings (SSSR count). The standard InChI is InChI=1S/C20H21ClN4O2S2/c21-16-7-6-8-17(15-16)25-19(24-11-4-5-12-24)22-23-20(25)28-13-14-29(26,27)18-9-2-1-3-10-18/h1-3,6-10,15H,4-5,11-14H2. The average molecular weight is 449 g/mol. The molecule has 0 spiro atoms. The Bertz CT molecular complexity index is 1080. The molecule has 1 fully saturated rings. The number of rotatable bonds is 7. The molecule has 0 aliphatic carbocycles. The van der Waals surface area contributed by atoms with Crippen LogP contribution in [0.1, 0.15) is 12.8 Å². The fourth-order valence-corrected chi connectivity index (χ4v) is 6.11. The molecule has 0 N–H and O–H groups in total. The van der Waals surface area contributed by atoms with Crippen LogP contribution in [0.5, 0.6) is 0 Å². The number of hydrogen-bond acceptors (Lipinski definition) is 6. The largest absolute Gasteiger partial charge is 0.341 e. The van der Waals surface area contributed by atoms with Gasteiger partial charge in [0, 0.05) is 23.9 Å². The van der Waals surface area contributed by atoms with E-state index in [0.29, 0.717) is 20.8 Å². The van der Waals surface area contributed by atoms with E-state index in [-0.39, 0.29) is 5.75 Å². The maximum Gasteiger partial charge on any atom is 0.232 e. The van der Waals surface area contributed by atoms with Gasteiger partial charge in [0.1, 0.15) is 0 Å². The zero-order chi connectivity index (χ0) is 20.3. The van der Waals surface area contributed by atoms with Gasteiger partial charge < -0.3 is 4.90 Å². The molecule has 0 radical (unpaired) electrons. The Balaban J connectivity index is 1.57. The summed E-state index contributed by atoms with van der Waals surface area (Å²) in [4.78, 5) is 2.55. The van der Waals surface area contributed by atoms with E-state index in [1.807, 2.05) is 28.8 Å². The lowest BCUT2D eigenvalue weighted by Crippen LogP contribution is -2.22. The van der Waals surface area contributed by atoms with Crippen LogP contribution < -0.4 is 4.90 Å². The molecule has 0 bridgehead atoms. The summed E-state index contributed by atoms with van der Waals surface area (Å²) in [7, 11) is -3.33. The molecule has 1 aromatic heterocycles. The SMILES string of the molecule is O=S(=O)(CCSc1nnc(N2CCCC2)n1-c1cccc(Cl)c1)c1ccccc1. The van der Waals surface area contributed by atoms with E-state index in [1.54, 1.807) is 30.3 Å². The van der Waals surface area contributed by atoms with E-state index in [0.717, 1.165) is 37.6 Å². The summed E-state index contributed by atoms with van der Waals surface area (Å²) >= 11 is 7.59. The van der Waals surface area contributed by atoms with Crippen molar-refractivity contribution in [2.45, 2.75) is 22.9 Å². The van der Waals surface area contributed by atoms with E-state index in [2.05, 4.69) is 15.1 Å². The van der Waals surface area contributed by atoms with Gasteiger partial charge >= 0.3 is 0 Å². The minimum absolute atomic E-state index is 0.0309. The number of anilines is 1. The molecular weight excluding hydrogens is 428 g/mol. The Kier molecular flexibility index (Phi) is 6.12. The lowest BCUT2D eigenvalue weighted by Gasteiger charge is -2.18. The second kappa shape index (κ2) is 8.77. The van der Waals surface area contributed by atoms with Crippen LogP contribution in [-0.4, -0.2) is 47.8 Å². The van der Waals surface area contributed by atoms with Gasteiger partial charge in [-0.1, -0.05) is 47.6 Å². The third-order valence-electron chi connectivity index (χ3n) is 4.76. The second-order valence-corrected chi connectivity index (χ2v) is 10.4. The van der Waals surface area contributed by atoms with Crippen molar-refractivity contribution in [3.05, 3.63) is 59.6 Å². The topological polar surface area (TPSA) is 68.1 Å². The van der Waals surface area contributed by atoms with E-state index < -0.39 is 9.84 Å². The molecule has 0 saturated carbocycles. The third-order valence-corrected chi connectivity index (χ3v) is 7.91. The molecule has 0 atom stereocenters. The Labute approximate surface area is 179 Å². The van der Waals surface area contributed by atoms with Crippen molar-refractivity contribution in [1.82, 2.24) is 14.8 Å². The van der Waals surface area contributed by atoms with E-state index in [1.165, 1.54) is 11.8 Å². The number of aromatic nitrogens is 3. The highest BCUT2D eigenvalue weighted by molar-refractivity contribution is 8.00. The molecule has 2 aromatic carbocycles. The molecule has 1 aliphatic heterocycles. The number of thioether (sulfide) groups is 1. The van der Waals surface area contributed by atoms with Gasteiger partial charge in [0.15, 0.2) is 15.0 Å². The predicted octanol–water partition coefficient (Wildman–Crippen LogP) is 4.09. The minimum Gasteiger partial charge on any atom is -0.341 e. The van der Waals surface area contributed by atoms with Gasteiger partial charge in [-0.2, -0.15) is 0 Å². The molecule has 152 valence electrons. The number of hydrogen-bond donors (Lipinski definition) is 0. The molecule has 1 aliphatic rings. The highest BCUT2D eigenvalue weighted by Crippen LogP contribution is 2.30. The monoisotopic (exact) mass is 448 g/mol.